The van der Waals surface area contributed by atoms with Gasteiger partial charge in [-0.15, -0.1) is 0 Å². The monoisotopic (exact) mass is 423 g/mol. The molecule has 0 aliphatic carbocycles. The Bertz CT molecular complexity index is 1020. The minimum absolute atomic E-state index is 0.160. The van der Waals surface area contributed by atoms with Crippen molar-refractivity contribution in [2.24, 2.45) is 0 Å². The Morgan fingerprint density at radius 1 is 1.26 bits per heavy atom. The summed E-state index contributed by atoms with van der Waals surface area (Å²) >= 11 is 0. The molecule has 0 unspecified atom stereocenters. The molecule has 3 rings (SSSR count). The summed E-state index contributed by atoms with van der Waals surface area (Å²) in [5, 5.41) is 2.94. The number of benzene rings is 1. The first-order valence-corrected chi connectivity index (χ1v) is 10.9. The molecule has 166 valence electrons. The summed E-state index contributed by atoms with van der Waals surface area (Å²) in [6.45, 7) is 14.3. The first-order chi connectivity index (χ1) is 14.8. The van der Waals surface area contributed by atoms with Crippen molar-refractivity contribution in [3.05, 3.63) is 68.6 Å². The molecule has 2 N–H and O–H groups in total. The second kappa shape index (κ2) is 9.96. The van der Waals surface area contributed by atoms with Gasteiger partial charge in [-0.25, -0.2) is 0 Å². The van der Waals surface area contributed by atoms with Crippen molar-refractivity contribution in [1.29, 1.82) is 0 Å². The Kier molecular flexibility index (Phi) is 7.33. The summed E-state index contributed by atoms with van der Waals surface area (Å²) < 4.78 is 5.53. The summed E-state index contributed by atoms with van der Waals surface area (Å²) in [6, 6.07) is 6.28. The number of nitrogens with one attached hydrogen (secondary N) is 2. The lowest BCUT2D eigenvalue weighted by Gasteiger charge is -2.36. The third-order valence-electron chi connectivity index (χ3n) is 6.08. The van der Waals surface area contributed by atoms with Gasteiger partial charge in [0, 0.05) is 54.9 Å². The maximum absolute atomic E-state index is 13.1. The van der Waals surface area contributed by atoms with E-state index in [0.717, 1.165) is 60.7 Å². The van der Waals surface area contributed by atoms with Gasteiger partial charge in [0.2, 0.25) is 0 Å². The topological polar surface area (TPSA) is 74.4 Å². The van der Waals surface area contributed by atoms with E-state index in [9.17, 15) is 9.59 Å². The van der Waals surface area contributed by atoms with Crippen LogP contribution in [0.25, 0.3) is 6.08 Å². The van der Waals surface area contributed by atoms with Gasteiger partial charge in [0.1, 0.15) is 0 Å². The molecule has 6 nitrogen and oxygen atoms in total. The molecule has 1 aliphatic heterocycles. The number of carbonyl (C=O) groups excluding carboxylic acids is 1. The molecule has 2 heterocycles. The molecular formula is C25H33N3O3. The Hall–Kier alpha value is -2.86. The number of hydrogen-bond donors (Lipinski definition) is 2. The van der Waals surface area contributed by atoms with Gasteiger partial charge in [-0.2, -0.15) is 0 Å². The number of hydrogen-bond acceptors (Lipinski definition) is 4. The fourth-order valence-electron chi connectivity index (χ4n) is 4.36. The van der Waals surface area contributed by atoms with E-state index in [0.29, 0.717) is 17.2 Å². The highest BCUT2D eigenvalue weighted by molar-refractivity contribution is 5.98. The number of aromatic amines is 1. The van der Waals surface area contributed by atoms with Gasteiger partial charge < -0.3 is 19.9 Å². The van der Waals surface area contributed by atoms with E-state index < -0.39 is 0 Å². The van der Waals surface area contributed by atoms with Gasteiger partial charge in [0.15, 0.2) is 0 Å². The number of rotatable bonds is 7. The molecule has 0 saturated carbocycles. The minimum atomic E-state index is -0.190. The lowest BCUT2D eigenvalue weighted by Crippen LogP contribution is -2.40. The number of ether oxygens (including phenoxy) is 1. The zero-order chi connectivity index (χ0) is 22.5. The van der Waals surface area contributed by atoms with Crippen molar-refractivity contribution >= 4 is 17.7 Å². The maximum atomic E-state index is 13.1. The largest absolute Gasteiger partial charge is 0.381 e. The van der Waals surface area contributed by atoms with E-state index in [1.165, 1.54) is 0 Å². The Labute approximate surface area is 184 Å². The highest BCUT2D eigenvalue weighted by Crippen LogP contribution is 2.30. The molecule has 0 bridgehead atoms. The van der Waals surface area contributed by atoms with Crippen LogP contribution < -0.4 is 15.8 Å². The smallest absolute Gasteiger partial charge is 0.253 e. The summed E-state index contributed by atoms with van der Waals surface area (Å²) in [5.41, 5.74) is 5.60. The zero-order valence-corrected chi connectivity index (χ0v) is 19.0. The van der Waals surface area contributed by atoms with Crippen molar-refractivity contribution in [2.75, 3.05) is 24.7 Å². The average molecular weight is 424 g/mol. The van der Waals surface area contributed by atoms with Gasteiger partial charge in [0.25, 0.3) is 11.5 Å². The predicted octanol–water partition coefficient (Wildman–Crippen LogP) is 3.88. The van der Waals surface area contributed by atoms with E-state index >= 15 is 0 Å². The number of pyridine rings is 1. The second-order valence-corrected chi connectivity index (χ2v) is 8.17. The van der Waals surface area contributed by atoms with Gasteiger partial charge >= 0.3 is 0 Å². The molecule has 0 spiro atoms. The highest BCUT2D eigenvalue weighted by Gasteiger charge is 2.24. The second-order valence-electron chi connectivity index (χ2n) is 8.17. The number of aryl methyl sites for hydroxylation is 2. The maximum Gasteiger partial charge on any atom is 0.253 e. The van der Waals surface area contributed by atoms with Crippen LogP contribution in [0.5, 0.6) is 0 Å². The third-order valence-corrected chi connectivity index (χ3v) is 6.08. The Morgan fingerprint density at radius 3 is 2.58 bits per heavy atom. The van der Waals surface area contributed by atoms with Crippen LogP contribution in [0.2, 0.25) is 0 Å². The quantitative estimate of drug-likeness (QED) is 0.709. The predicted molar refractivity (Wildman–Crippen MR) is 126 cm³/mol. The molecule has 1 saturated heterocycles. The molecule has 1 aliphatic rings. The normalized spacial score (nSPS) is 14.3. The molecule has 1 aromatic carbocycles. The van der Waals surface area contributed by atoms with Crippen molar-refractivity contribution in [1.82, 2.24) is 10.3 Å². The lowest BCUT2D eigenvalue weighted by molar-refractivity contribution is 0.0845. The third kappa shape index (κ3) is 5.07. The number of amides is 1. The first-order valence-electron chi connectivity index (χ1n) is 10.9. The molecular weight excluding hydrogens is 390 g/mol. The van der Waals surface area contributed by atoms with Crippen LogP contribution >= 0.6 is 0 Å². The Balaban J connectivity index is 1.90. The fraction of sp³-hybridized carbons (Fsp3) is 0.440. The minimum Gasteiger partial charge on any atom is -0.381 e. The molecule has 2 aromatic rings. The number of carbonyl (C=O) groups is 1. The first kappa shape index (κ1) is 22.8. The highest BCUT2D eigenvalue weighted by atomic mass is 16.5. The zero-order valence-electron chi connectivity index (χ0n) is 19.0. The molecule has 0 radical (unpaired) electrons. The van der Waals surface area contributed by atoms with Crippen LogP contribution in [0.1, 0.15) is 58.1 Å². The van der Waals surface area contributed by atoms with Crippen molar-refractivity contribution < 1.29 is 9.53 Å². The van der Waals surface area contributed by atoms with Crippen LogP contribution in [0.3, 0.4) is 0 Å². The Morgan fingerprint density at radius 2 is 1.97 bits per heavy atom. The number of nitrogens with zero attached hydrogens (tertiary/aromatic N) is 1. The van der Waals surface area contributed by atoms with Gasteiger partial charge in [-0.3, -0.25) is 9.59 Å². The van der Waals surface area contributed by atoms with Crippen LogP contribution in [-0.4, -0.2) is 36.7 Å². The average Bonchev–Trinajstić information content (AvgIpc) is 2.75. The van der Waals surface area contributed by atoms with Crippen LogP contribution in [0, 0.1) is 20.8 Å². The van der Waals surface area contributed by atoms with E-state index in [1.54, 1.807) is 6.08 Å². The standard InChI is InChI=1S/C25H33N3O3/c1-6-19-13-21(24(29)26-15-22-16(3)12-17(4)27-25(22)30)18(5)23(14-19)28(7-2)20-8-10-31-11-9-20/h6,12-14,20H,1,7-11,15H2,2-5H3,(H,26,29)(H,27,30). The molecule has 1 aromatic heterocycles. The van der Waals surface area contributed by atoms with E-state index in [1.807, 2.05) is 32.9 Å². The van der Waals surface area contributed by atoms with E-state index in [4.69, 9.17) is 4.74 Å². The van der Waals surface area contributed by atoms with Crippen molar-refractivity contribution in [2.45, 2.75) is 53.1 Å². The van der Waals surface area contributed by atoms with Gasteiger partial charge in [-0.05, 0) is 75.4 Å². The van der Waals surface area contributed by atoms with Crippen LogP contribution in [0.4, 0.5) is 5.69 Å². The molecule has 0 atom stereocenters. The van der Waals surface area contributed by atoms with E-state index in [2.05, 4.69) is 34.8 Å². The summed E-state index contributed by atoms with van der Waals surface area (Å²) in [6.07, 6.45) is 3.72. The van der Waals surface area contributed by atoms with Gasteiger partial charge in [0.05, 0.1) is 0 Å². The molecule has 1 amide bonds. The number of H-pyrrole nitrogens is 1. The molecule has 6 heteroatoms. The van der Waals surface area contributed by atoms with Gasteiger partial charge in [-0.1, -0.05) is 12.7 Å². The SMILES string of the molecule is C=Cc1cc(C(=O)NCc2c(C)cc(C)[nH]c2=O)c(C)c(N(CC)C2CCOCC2)c1. The number of anilines is 1. The summed E-state index contributed by atoms with van der Waals surface area (Å²) in [5.74, 6) is -0.190. The van der Waals surface area contributed by atoms with Crippen LogP contribution in [0.15, 0.2) is 29.6 Å². The summed E-state index contributed by atoms with van der Waals surface area (Å²) in [7, 11) is 0. The van der Waals surface area contributed by atoms with E-state index in [-0.39, 0.29) is 18.0 Å². The molecule has 31 heavy (non-hydrogen) atoms. The van der Waals surface area contributed by atoms with Crippen LogP contribution in [-0.2, 0) is 11.3 Å². The van der Waals surface area contributed by atoms with Crippen molar-refractivity contribution in [3.63, 3.8) is 0 Å². The molecule has 1 fully saturated rings. The fourth-order valence-corrected chi connectivity index (χ4v) is 4.36. The summed E-state index contributed by atoms with van der Waals surface area (Å²) in [4.78, 5) is 30.6. The number of aromatic nitrogens is 1. The lowest BCUT2D eigenvalue weighted by atomic mass is 9.98. The van der Waals surface area contributed by atoms with Crippen molar-refractivity contribution in [3.8, 4) is 0 Å².